The van der Waals surface area contributed by atoms with Gasteiger partial charge in [0.15, 0.2) is 11.5 Å². The third-order valence-electron chi connectivity index (χ3n) is 4.30. The number of primary amides is 1. The maximum absolute atomic E-state index is 11.3. The SMILES string of the molecule is NC(=O)C(N)Cc1ccc(OCc2ccccc2)c(OCc2ccccc2)c1. The molecule has 1 unspecified atom stereocenters. The summed E-state index contributed by atoms with van der Waals surface area (Å²) in [7, 11) is 0. The van der Waals surface area contributed by atoms with E-state index in [-0.39, 0.29) is 0 Å². The summed E-state index contributed by atoms with van der Waals surface area (Å²) < 4.78 is 12.0. The molecular formula is C23H24N2O3. The fourth-order valence-corrected chi connectivity index (χ4v) is 2.74. The zero-order valence-corrected chi connectivity index (χ0v) is 15.6. The molecule has 0 radical (unpaired) electrons. The van der Waals surface area contributed by atoms with Crippen LogP contribution in [0.4, 0.5) is 0 Å². The van der Waals surface area contributed by atoms with Crippen molar-refractivity contribution in [1.82, 2.24) is 0 Å². The summed E-state index contributed by atoms with van der Waals surface area (Å²) in [6.07, 6.45) is 0.343. The molecule has 1 amide bonds. The molecule has 1 atom stereocenters. The molecule has 3 aromatic rings. The molecule has 5 heteroatoms. The van der Waals surface area contributed by atoms with Crippen LogP contribution in [0.15, 0.2) is 78.9 Å². The van der Waals surface area contributed by atoms with Gasteiger partial charge in [0.1, 0.15) is 13.2 Å². The molecule has 0 aliphatic carbocycles. The molecule has 144 valence electrons. The lowest BCUT2D eigenvalue weighted by molar-refractivity contribution is -0.119. The Hall–Kier alpha value is -3.31. The molecule has 0 aromatic heterocycles. The summed E-state index contributed by atoms with van der Waals surface area (Å²) >= 11 is 0. The summed E-state index contributed by atoms with van der Waals surface area (Å²) in [4.78, 5) is 11.3. The fourth-order valence-electron chi connectivity index (χ4n) is 2.74. The van der Waals surface area contributed by atoms with E-state index in [0.717, 1.165) is 16.7 Å². The van der Waals surface area contributed by atoms with Crippen LogP contribution in [-0.4, -0.2) is 11.9 Å². The third kappa shape index (κ3) is 5.59. The highest BCUT2D eigenvalue weighted by Gasteiger charge is 2.13. The highest BCUT2D eigenvalue weighted by Crippen LogP contribution is 2.30. The number of rotatable bonds is 9. The lowest BCUT2D eigenvalue weighted by atomic mass is 10.1. The topological polar surface area (TPSA) is 87.6 Å². The Labute approximate surface area is 164 Å². The zero-order chi connectivity index (χ0) is 19.8. The van der Waals surface area contributed by atoms with Crippen LogP contribution in [0.25, 0.3) is 0 Å². The van der Waals surface area contributed by atoms with Gasteiger partial charge >= 0.3 is 0 Å². The van der Waals surface area contributed by atoms with Gasteiger partial charge in [0, 0.05) is 0 Å². The second kappa shape index (κ2) is 9.58. The Morgan fingerprint density at radius 1 is 0.750 bits per heavy atom. The average Bonchev–Trinajstić information content (AvgIpc) is 2.73. The lowest BCUT2D eigenvalue weighted by Crippen LogP contribution is -2.38. The van der Waals surface area contributed by atoms with Crippen molar-refractivity contribution in [2.24, 2.45) is 11.5 Å². The average molecular weight is 376 g/mol. The second-order valence-electron chi connectivity index (χ2n) is 6.54. The molecule has 3 aromatic carbocycles. The number of benzene rings is 3. The molecule has 0 aliphatic rings. The smallest absolute Gasteiger partial charge is 0.234 e. The van der Waals surface area contributed by atoms with Gasteiger partial charge in [-0.05, 0) is 35.2 Å². The molecule has 0 fully saturated rings. The second-order valence-corrected chi connectivity index (χ2v) is 6.54. The molecule has 0 aliphatic heterocycles. The van der Waals surface area contributed by atoms with Gasteiger partial charge in [-0.25, -0.2) is 0 Å². The highest BCUT2D eigenvalue weighted by atomic mass is 16.5. The first-order valence-corrected chi connectivity index (χ1v) is 9.13. The number of ether oxygens (including phenoxy) is 2. The summed E-state index contributed by atoms with van der Waals surface area (Å²) in [5.74, 6) is 0.710. The van der Waals surface area contributed by atoms with Crippen LogP contribution in [0.2, 0.25) is 0 Å². The standard InChI is InChI=1S/C23H24N2O3/c24-20(23(25)26)13-19-11-12-21(27-15-17-7-3-1-4-8-17)22(14-19)28-16-18-9-5-2-6-10-18/h1-12,14,20H,13,15-16,24H2,(H2,25,26). The first-order chi connectivity index (χ1) is 13.6. The van der Waals surface area contributed by atoms with Gasteiger partial charge in [-0.15, -0.1) is 0 Å². The van der Waals surface area contributed by atoms with E-state index in [4.69, 9.17) is 20.9 Å². The van der Waals surface area contributed by atoms with E-state index in [1.54, 1.807) is 0 Å². The Morgan fingerprint density at radius 2 is 1.29 bits per heavy atom. The van der Waals surface area contributed by atoms with Gasteiger partial charge in [0.25, 0.3) is 0 Å². The van der Waals surface area contributed by atoms with Gasteiger partial charge in [-0.1, -0.05) is 66.7 Å². The van der Waals surface area contributed by atoms with E-state index in [1.165, 1.54) is 0 Å². The minimum absolute atomic E-state index is 0.343. The minimum atomic E-state index is -0.738. The first-order valence-electron chi connectivity index (χ1n) is 9.13. The Balaban J connectivity index is 1.76. The molecule has 28 heavy (non-hydrogen) atoms. The van der Waals surface area contributed by atoms with Gasteiger partial charge in [-0.2, -0.15) is 0 Å². The normalized spacial score (nSPS) is 11.6. The first kappa shape index (κ1) is 19.5. The predicted molar refractivity (Wildman–Crippen MR) is 109 cm³/mol. The summed E-state index contributed by atoms with van der Waals surface area (Å²) in [5.41, 5.74) is 14.0. The molecule has 5 nitrogen and oxygen atoms in total. The molecule has 0 heterocycles. The number of hydrogen-bond acceptors (Lipinski definition) is 4. The highest BCUT2D eigenvalue weighted by molar-refractivity contribution is 5.79. The van der Waals surface area contributed by atoms with Crippen molar-refractivity contribution in [3.05, 3.63) is 95.6 Å². The van der Waals surface area contributed by atoms with Crippen LogP contribution in [-0.2, 0) is 24.4 Å². The number of nitrogens with two attached hydrogens (primary N) is 2. The Morgan fingerprint density at radius 3 is 1.82 bits per heavy atom. The number of carbonyl (C=O) groups is 1. The van der Waals surface area contributed by atoms with Crippen LogP contribution in [0.1, 0.15) is 16.7 Å². The number of amides is 1. The van der Waals surface area contributed by atoms with Gasteiger partial charge < -0.3 is 20.9 Å². The molecule has 4 N–H and O–H groups in total. The van der Waals surface area contributed by atoms with E-state index in [1.807, 2.05) is 78.9 Å². The minimum Gasteiger partial charge on any atom is -0.485 e. The summed E-state index contributed by atoms with van der Waals surface area (Å²) in [6.45, 7) is 0.844. The Bertz CT molecular complexity index is 898. The monoisotopic (exact) mass is 376 g/mol. The van der Waals surface area contributed by atoms with E-state index < -0.39 is 11.9 Å². The van der Waals surface area contributed by atoms with Crippen molar-refractivity contribution in [2.45, 2.75) is 25.7 Å². The molecule has 0 bridgehead atoms. The van der Waals surface area contributed by atoms with Crippen LogP contribution in [0, 0.1) is 0 Å². The largest absolute Gasteiger partial charge is 0.485 e. The van der Waals surface area contributed by atoms with Crippen molar-refractivity contribution in [1.29, 1.82) is 0 Å². The molecular weight excluding hydrogens is 352 g/mol. The Kier molecular flexibility index (Phi) is 6.65. The summed E-state index contributed by atoms with van der Waals surface area (Å²) in [5, 5.41) is 0. The van der Waals surface area contributed by atoms with E-state index >= 15 is 0 Å². The third-order valence-corrected chi connectivity index (χ3v) is 4.30. The predicted octanol–water partition coefficient (Wildman–Crippen LogP) is 3.20. The van der Waals surface area contributed by atoms with Gasteiger partial charge in [-0.3, -0.25) is 4.79 Å². The van der Waals surface area contributed by atoms with E-state index in [0.29, 0.717) is 31.1 Å². The molecule has 0 saturated heterocycles. The molecule has 0 spiro atoms. The maximum Gasteiger partial charge on any atom is 0.234 e. The van der Waals surface area contributed by atoms with Gasteiger partial charge in [0.05, 0.1) is 6.04 Å². The van der Waals surface area contributed by atoms with E-state index in [2.05, 4.69) is 0 Å². The quantitative estimate of drug-likeness (QED) is 0.600. The lowest BCUT2D eigenvalue weighted by Gasteiger charge is -2.15. The van der Waals surface area contributed by atoms with Crippen LogP contribution >= 0.6 is 0 Å². The number of hydrogen-bond donors (Lipinski definition) is 2. The summed E-state index contributed by atoms with van der Waals surface area (Å²) in [6, 6.07) is 24.6. The van der Waals surface area contributed by atoms with Crippen molar-refractivity contribution in [3.63, 3.8) is 0 Å². The van der Waals surface area contributed by atoms with Crippen LogP contribution in [0.5, 0.6) is 11.5 Å². The van der Waals surface area contributed by atoms with Crippen molar-refractivity contribution >= 4 is 5.91 Å². The van der Waals surface area contributed by atoms with E-state index in [9.17, 15) is 4.79 Å². The molecule has 0 saturated carbocycles. The van der Waals surface area contributed by atoms with Gasteiger partial charge in [0.2, 0.25) is 5.91 Å². The zero-order valence-electron chi connectivity index (χ0n) is 15.6. The van der Waals surface area contributed by atoms with Crippen molar-refractivity contribution in [2.75, 3.05) is 0 Å². The molecule has 3 rings (SSSR count). The van der Waals surface area contributed by atoms with Crippen molar-refractivity contribution < 1.29 is 14.3 Å². The number of carbonyl (C=O) groups excluding carboxylic acids is 1. The fraction of sp³-hybridized carbons (Fsp3) is 0.174. The maximum atomic E-state index is 11.3. The van der Waals surface area contributed by atoms with Crippen LogP contribution < -0.4 is 20.9 Å². The van der Waals surface area contributed by atoms with Crippen LogP contribution in [0.3, 0.4) is 0 Å². The van der Waals surface area contributed by atoms with Crippen molar-refractivity contribution in [3.8, 4) is 11.5 Å².